The van der Waals surface area contributed by atoms with Crippen LogP contribution >= 0.6 is 0 Å². The molecule has 3 N–H and O–H groups in total. The largest absolute Gasteiger partial charge is 0.497 e. The fourth-order valence-corrected chi connectivity index (χ4v) is 4.25. The maximum absolute atomic E-state index is 12.8. The number of rotatable bonds is 10. The number of piperazine rings is 1. The molecule has 1 fully saturated rings. The van der Waals surface area contributed by atoms with Gasteiger partial charge in [0.15, 0.2) is 0 Å². The normalized spacial score (nSPS) is 14.7. The summed E-state index contributed by atoms with van der Waals surface area (Å²) in [4.78, 5) is 26.4. The Kier molecular flexibility index (Phi) is 8.46. The highest BCUT2D eigenvalue weighted by Crippen LogP contribution is 2.33. The number of aromatic nitrogens is 2. The molecule has 0 saturated carbocycles. The van der Waals surface area contributed by atoms with Crippen molar-refractivity contribution in [1.82, 2.24) is 25.1 Å². The summed E-state index contributed by atoms with van der Waals surface area (Å²) in [6, 6.07) is 11.7. The van der Waals surface area contributed by atoms with Crippen LogP contribution in [0.15, 0.2) is 42.6 Å². The predicted molar refractivity (Wildman–Crippen MR) is 141 cm³/mol. The van der Waals surface area contributed by atoms with E-state index in [1.807, 2.05) is 30.3 Å². The highest BCUT2D eigenvalue weighted by molar-refractivity contribution is 6.05. The Morgan fingerprint density at radius 2 is 1.94 bits per heavy atom. The molecule has 9 heteroatoms. The van der Waals surface area contributed by atoms with Crippen LogP contribution in [0, 0.1) is 0 Å². The van der Waals surface area contributed by atoms with E-state index in [0.29, 0.717) is 5.95 Å². The summed E-state index contributed by atoms with van der Waals surface area (Å²) in [6.45, 7) is 6.61. The van der Waals surface area contributed by atoms with E-state index < -0.39 is 0 Å². The third-order valence-corrected chi connectivity index (χ3v) is 6.32. The van der Waals surface area contributed by atoms with Crippen LogP contribution in [-0.4, -0.2) is 92.7 Å². The van der Waals surface area contributed by atoms with Crippen LogP contribution in [-0.2, 0) is 4.79 Å². The van der Waals surface area contributed by atoms with E-state index in [4.69, 9.17) is 4.74 Å². The molecule has 186 valence electrons. The molecule has 0 atom stereocenters. The summed E-state index contributed by atoms with van der Waals surface area (Å²) in [5, 5.41) is 11.2. The van der Waals surface area contributed by atoms with Crippen LogP contribution in [0.1, 0.15) is 6.42 Å². The Labute approximate surface area is 206 Å². The highest BCUT2D eigenvalue weighted by Gasteiger charge is 2.14. The molecule has 0 bridgehead atoms. The summed E-state index contributed by atoms with van der Waals surface area (Å²) in [6.07, 6.45) is 2.74. The second-order valence-corrected chi connectivity index (χ2v) is 8.85. The zero-order valence-corrected chi connectivity index (χ0v) is 20.8. The van der Waals surface area contributed by atoms with E-state index in [9.17, 15) is 4.79 Å². The van der Waals surface area contributed by atoms with Gasteiger partial charge in [-0.05, 0) is 62.3 Å². The summed E-state index contributed by atoms with van der Waals surface area (Å²) < 4.78 is 5.41. The van der Waals surface area contributed by atoms with Crippen molar-refractivity contribution in [1.29, 1.82) is 0 Å². The summed E-state index contributed by atoms with van der Waals surface area (Å²) >= 11 is 0. The van der Waals surface area contributed by atoms with Crippen LogP contribution < -0.4 is 20.7 Å². The van der Waals surface area contributed by atoms with E-state index in [0.717, 1.165) is 79.2 Å². The van der Waals surface area contributed by atoms with E-state index in [2.05, 4.69) is 48.8 Å². The summed E-state index contributed by atoms with van der Waals surface area (Å²) in [7, 11) is 5.59. The lowest BCUT2D eigenvalue weighted by atomic mass is 10.0. The van der Waals surface area contributed by atoms with Gasteiger partial charge in [-0.3, -0.25) is 4.79 Å². The number of nitrogens with zero attached hydrogens (tertiary/aromatic N) is 4. The third kappa shape index (κ3) is 6.66. The SMILES string of the molecule is CNc1nccc(-c2cc(NC(=O)CNCCCN3CCN(C)CC3)c3cc(OC)ccc3c2)n1. The number of ether oxygens (including phenoxy) is 1. The molecule has 4 rings (SSSR count). The Balaban J connectivity index is 1.42. The van der Waals surface area contributed by atoms with Gasteiger partial charge >= 0.3 is 0 Å². The monoisotopic (exact) mass is 477 g/mol. The Morgan fingerprint density at radius 3 is 2.71 bits per heavy atom. The topological polar surface area (TPSA) is 94.6 Å². The first-order chi connectivity index (χ1) is 17.1. The minimum absolute atomic E-state index is 0.0792. The number of benzene rings is 2. The van der Waals surface area contributed by atoms with E-state index in [1.54, 1.807) is 20.4 Å². The number of carbonyl (C=O) groups excluding carboxylic acids is 1. The number of hydrogen-bond acceptors (Lipinski definition) is 8. The van der Waals surface area contributed by atoms with Crippen LogP contribution in [0.5, 0.6) is 5.75 Å². The lowest BCUT2D eigenvalue weighted by Gasteiger charge is -2.32. The number of fused-ring (bicyclic) bond motifs is 1. The summed E-state index contributed by atoms with van der Waals surface area (Å²) in [5.41, 5.74) is 2.40. The number of likely N-dealkylation sites (N-methyl/N-ethyl adjacent to an activating group) is 1. The maximum Gasteiger partial charge on any atom is 0.238 e. The first kappa shape index (κ1) is 24.8. The number of hydrogen-bond donors (Lipinski definition) is 3. The molecule has 1 aromatic heterocycles. The van der Waals surface area contributed by atoms with Crippen molar-refractivity contribution in [2.24, 2.45) is 0 Å². The molecule has 35 heavy (non-hydrogen) atoms. The minimum Gasteiger partial charge on any atom is -0.497 e. The quantitative estimate of drug-likeness (QED) is 0.384. The van der Waals surface area contributed by atoms with Gasteiger partial charge in [0.25, 0.3) is 0 Å². The van der Waals surface area contributed by atoms with E-state index in [1.165, 1.54) is 0 Å². The molecule has 1 aliphatic rings. The molecule has 1 saturated heterocycles. The molecule has 0 unspecified atom stereocenters. The molecule has 0 spiro atoms. The maximum atomic E-state index is 12.8. The molecule has 1 amide bonds. The lowest BCUT2D eigenvalue weighted by Crippen LogP contribution is -2.45. The van der Waals surface area contributed by atoms with Crippen molar-refractivity contribution in [3.63, 3.8) is 0 Å². The molecule has 3 aromatic rings. The fraction of sp³-hybridized carbons (Fsp3) is 0.423. The standard InChI is InChI=1S/C26H35N7O2/c1-27-26-29-9-7-23(31-26)20-15-19-5-6-21(35-3)17-22(19)24(16-20)30-25(34)18-28-8-4-10-33-13-11-32(2)12-14-33/h5-7,9,15-17,28H,4,8,10-14,18H2,1-3H3,(H,30,34)(H,27,29,31). The molecule has 0 radical (unpaired) electrons. The molecule has 2 heterocycles. The van der Waals surface area contributed by atoms with Gasteiger partial charge in [0.2, 0.25) is 11.9 Å². The van der Waals surface area contributed by atoms with Gasteiger partial charge in [0, 0.05) is 56.1 Å². The van der Waals surface area contributed by atoms with E-state index in [-0.39, 0.29) is 12.5 Å². The van der Waals surface area contributed by atoms with E-state index >= 15 is 0 Å². The van der Waals surface area contributed by atoms with Gasteiger partial charge in [-0.15, -0.1) is 0 Å². The molecule has 0 aliphatic carbocycles. The average Bonchev–Trinajstić information content (AvgIpc) is 2.89. The molecular weight excluding hydrogens is 442 g/mol. The van der Waals surface area contributed by atoms with Crippen molar-refractivity contribution in [2.75, 3.05) is 77.7 Å². The Morgan fingerprint density at radius 1 is 1.11 bits per heavy atom. The highest BCUT2D eigenvalue weighted by atomic mass is 16.5. The van der Waals surface area contributed by atoms with Gasteiger partial charge in [-0.2, -0.15) is 0 Å². The molecule has 1 aliphatic heterocycles. The first-order valence-corrected chi connectivity index (χ1v) is 12.1. The van der Waals surface area contributed by atoms with Gasteiger partial charge in [-0.25, -0.2) is 9.97 Å². The van der Waals surface area contributed by atoms with Gasteiger partial charge in [-0.1, -0.05) is 6.07 Å². The first-order valence-electron chi connectivity index (χ1n) is 12.1. The second-order valence-electron chi connectivity index (χ2n) is 8.85. The fourth-order valence-electron chi connectivity index (χ4n) is 4.25. The van der Waals surface area contributed by atoms with Crippen molar-refractivity contribution in [2.45, 2.75) is 6.42 Å². The smallest absolute Gasteiger partial charge is 0.238 e. The zero-order valence-electron chi connectivity index (χ0n) is 20.8. The molecular formula is C26H35N7O2. The summed E-state index contributed by atoms with van der Waals surface area (Å²) in [5.74, 6) is 1.20. The molecule has 2 aromatic carbocycles. The van der Waals surface area contributed by atoms with Crippen molar-refractivity contribution >= 4 is 28.3 Å². The second kappa shape index (κ2) is 11.9. The Hall–Kier alpha value is -3.27. The number of carbonyl (C=O) groups is 1. The number of nitrogens with one attached hydrogen (secondary N) is 3. The number of methoxy groups -OCH3 is 1. The van der Waals surface area contributed by atoms with Crippen LogP contribution in [0.2, 0.25) is 0 Å². The predicted octanol–water partition coefficient (Wildman–Crippen LogP) is 2.51. The minimum atomic E-state index is -0.0792. The van der Waals surface area contributed by atoms with Gasteiger partial charge in [0.05, 0.1) is 19.3 Å². The average molecular weight is 478 g/mol. The lowest BCUT2D eigenvalue weighted by molar-refractivity contribution is -0.115. The van der Waals surface area contributed by atoms with Crippen LogP contribution in [0.4, 0.5) is 11.6 Å². The van der Waals surface area contributed by atoms with Crippen molar-refractivity contribution in [3.8, 4) is 17.0 Å². The third-order valence-electron chi connectivity index (χ3n) is 6.32. The van der Waals surface area contributed by atoms with Crippen molar-refractivity contribution < 1.29 is 9.53 Å². The zero-order chi connectivity index (χ0) is 24.6. The van der Waals surface area contributed by atoms with Crippen LogP contribution in [0.25, 0.3) is 22.0 Å². The number of amides is 1. The van der Waals surface area contributed by atoms with Crippen molar-refractivity contribution in [3.05, 3.63) is 42.6 Å². The molecule has 9 nitrogen and oxygen atoms in total. The van der Waals surface area contributed by atoms with Gasteiger partial charge in [0.1, 0.15) is 5.75 Å². The Bertz CT molecular complexity index is 1150. The van der Waals surface area contributed by atoms with Crippen LogP contribution in [0.3, 0.4) is 0 Å². The van der Waals surface area contributed by atoms with Gasteiger partial charge < -0.3 is 30.5 Å². The number of anilines is 2.